The quantitative estimate of drug-likeness (QED) is 0.382. The van der Waals surface area contributed by atoms with Gasteiger partial charge in [-0.25, -0.2) is 4.98 Å². The number of rotatable bonds is 9. The minimum Gasteiger partial charge on any atom is -0.490 e. The van der Waals surface area contributed by atoms with Crippen LogP contribution in [0.1, 0.15) is 55.5 Å². The van der Waals surface area contributed by atoms with Crippen molar-refractivity contribution in [2.45, 2.75) is 71.6 Å². The molecule has 6 heteroatoms. The smallest absolute Gasteiger partial charge is 0.191 e. The van der Waals surface area contributed by atoms with Crippen LogP contribution in [-0.2, 0) is 13.1 Å². The van der Waals surface area contributed by atoms with Gasteiger partial charge in [0.25, 0.3) is 0 Å². The van der Waals surface area contributed by atoms with Gasteiger partial charge >= 0.3 is 0 Å². The summed E-state index contributed by atoms with van der Waals surface area (Å²) in [7, 11) is 1.81. The van der Waals surface area contributed by atoms with E-state index in [1.165, 1.54) is 36.8 Å². The first kappa shape index (κ1) is 21.2. The summed E-state index contributed by atoms with van der Waals surface area (Å²) < 4.78 is 8.49. The molecule has 1 aromatic carbocycles. The van der Waals surface area contributed by atoms with Crippen LogP contribution in [0.5, 0.6) is 5.75 Å². The number of hydrogen-bond donors (Lipinski definition) is 2. The highest BCUT2D eigenvalue weighted by atomic mass is 16.5. The highest BCUT2D eigenvalue weighted by Gasteiger charge is 2.18. The third-order valence-electron chi connectivity index (χ3n) is 5.53. The van der Waals surface area contributed by atoms with Gasteiger partial charge in [0.2, 0.25) is 0 Å². The number of guanidine groups is 1. The highest BCUT2D eigenvalue weighted by Crippen LogP contribution is 2.27. The van der Waals surface area contributed by atoms with E-state index in [4.69, 9.17) is 4.74 Å². The molecule has 0 spiro atoms. The van der Waals surface area contributed by atoms with Gasteiger partial charge in [0, 0.05) is 44.6 Å². The average molecular weight is 398 g/mol. The Hall–Kier alpha value is -2.50. The predicted molar refractivity (Wildman–Crippen MR) is 118 cm³/mol. The lowest BCUT2D eigenvalue weighted by Gasteiger charge is -2.18. The van der Waals surface area contributed by atoms with Crippen LogP contribution in [0.4, 0.5) is 0 Å². The second-order valence-electron chi connectivity index (χ2n) is 7.86. The number of unbranched alkanes of at least 4 members (excludes halogenated alkanes) is 1. The second-order valence-corrected chi connectivity index (χ2v) is 7.86. The van der Waals surface area contributed by atoms with Gasteiger partial charge in [0.15, 0.2) is 5.96 Å². The third-order valence-corrected chi connectivity index (χ3v) is 5.53. The van der Waals surface area contributed by atoms with Crippen molar-refractivity contribution in [2.75, 3.05) is 13.6 Å². The maximum Gasteiger partial charge on any atom is 0.191 e. The number of imidazole rings is 1. The number of aryl methyl sites for hydroxylation is 3. The average Bonchev–Trinajstić information content (AvgIpc) is 3.37. The molecule has 1 saturated carbocycles. The van der Waals surface area contributed by atoms with Gasteiger partial charge in [-0.2, -0.15) is 0 Å². The fourth-order valence-corrected chi connectivity index (χ4v) is 3.76. The van der Waals surface area contributed by atoms with Crippen molar-refractivity contribution in [1.82, 2.24) is 20.2 Å². The molecule has 6 nitrogen and oxygen atoms in total. The van der Waals surface area contributed by atoms with E-state index in [1.807, 2.05) is 26.4 Å². The normalized spacial score (nSPS) is 14.9. The molecule has 0 atom stereocenters. The molecule has 0 amide bonds. The summed E-state index contributed by atoms with van der Waals surface area (Å²) in [6, 6.07) is 6.46. The van der Waals surface area contributed by atoms with Crippen molar-refractivity contribution in [3.05, 3.63) is 47.5 Å². The maximum absolute atomic E-state index is 6.30. The van der Waals surface area contributed by atoms with Crippen molar-refractivity contribution in [1.29, 1.82) is 0 Å². The van der Waals surface area contributed by atoms with E-state index in [2.05, 4.69) is 50.3 Å². The molecule has 2 N–H and O–H groups in total. The van der Waals surface area contributed by atoms with E-state index in [1.54, 1.807) is 0 Å². The summed E-state index contributed by atoms with van der Waals surface area (Å²) in [5.74, 6) is 2.91. The van der Waals surface area contributed by atoms with Gasteiger partial charge in [0.05, 0.1) is 6.10 Å². The van der Waals surface area contributed by atoms with Crippen LogP contribution in [0.15, 0.2) is 35.6 Å². The zero-order chi connectivity index (χ0) is 20.5. The fraction of sp³-hybridized carbons (Fsp3) is 0.565. The summed E-state index contributed by atoms with van der Waals surface area (Å²) in [5, 5.41) is 6.84. The van der Waals surface area contributed by atoms with E-state index >= 15 is 0 Å². The van der Waals surface area contributed by atoms with Crippen molar-refractivity contribution in [3.63, 3.8) is 0 Å². The number of nitrogens with zero attached hydrogens (tertiary/aromatic N) is 3. The molecule has 1 aliphatic carbocycles. The van der Waals surface area contributed by atoms with Crippen LogP contribution >= 0.6 is 0 Å². The van der Waals surface area contributed by atoms with Crippen molar-refractivity contribution >= 4 is 5.96 Å². The Balaban J connectivity index is 1.43. The Labute approximate surface area is 174 Å². The monoisotopic (exact) mass is 397 g/mol. The van der Waals surface area contributed by atoms with Crippen molar-refractivity contribution in [3.8, 4) is 5.75 Å². The number of benzene rings is 1. The fourth-order valence-electron chi connectivity index (χ4n) is 3.76. The Morgan fingerprint density at radius 2 is 2.03 bits per heavy atom. The van der Waals surface area contributed by atoms with Gasteiger partial charge in [-0.3, -0.25) is 4.99 Å². The maximum atomic E-state index is 6.30. The lowest BCUT2D eigenvalue weighted by atomic mass is 10.1. The number of nitrogens with one attached hydrogen (secondary N) is 2. The molecule has 0 radical (unpaired) electrons. The molecular weight excluding hydrogens is 362 g/mol. The molecule has 29 heavy (non-hydrogen) atoms. The number of hydrogen-bond acceptors (Lipinski definition) is 3. The van der Waals surface area contributed by atoms with Crippen LogP contribution in [0, 0.1) is 13.8 Å². The molecule has 2 aromatic rings. The van der Waals surface area contributed by atoms with Gasteiger partial charge in [-0.05, 0) is 64.0 Å². The van der Waals surface area contributed by atoms with Crippen molar-refractivity contribution in [2.24, 2.45) is 4.99 Å². The Bertz CT molecular complexity index is 792. The first-order valence-corrected chi connectivity index (χ1v) is 10.8. The number of aliphatic imine (C=N–C) groups is 1. The summed E-state index contributed by atoms with van der Waals surface area (Å²) in [6.45, 7) is 6.76. The molecule has 0 bridgehead atoms. The summed E-state index contributed by atoms with van der Waals surface area (Å²) in [5.41, 5.74) is 2.42. The summed E-state index contributed by atoms with van der Waals surface area (Å²) >= 11 is 0. The first-order chi connectivity index (χ1) is 14.2. The first-order valence-electron chi connectivity index (χ1n) is 10.8. The molecule has 1 fully saturated rings. The Morgan fingerprint density at radius 1 is 1.21 bits per heavy atom. The van der Waals surface area contributed by atoms with Crippen LogP contribution in [0.2, 0.25) is 0 Å². The molecule has 0 aliphatic heterocycles. The molecule has 1 heterocycles. The van der Waals surface area contributed by atoms with Gasteiger partial charge in [-0.1, -0.05) is 12.1 Å². The minimum atomic E-state index is 0.368. The molecular formula is C23H35N5O. The van der Waals surface area contributed by atoms with Crippen LogP contribution in [-0.4, -0.2) is 35.2 Å². The van der Waals surface area contributed by atoms with Crippen LogP contribution in [0.25, 0.3) is 0 Å². The lowest BCUT2D eigenvalue weighted by molar-refractivity contribution is 0.207. The summed E-state index contributed by atoms with van der Waals surface area (Å²) in [4.78, 5) is 8.62. The third kappa shape index (κ3) is 6.51. The summed E-state index contributed by atoms with van der Waals surface area (Å²) in [6.07, 6.45) is 11.3. The molecule has 1 aromatic heterocycles. The molecule has 158 valence electrons. The SMILES string of the molecule is CN=C(NCCCCn1ccnc1C)NCc1ccc(C)cc1OC1CCCC1. The van der Waals surface area contributed by atoms with E-state index in [9.17, 15) is 0 Å². The zero-order valence-corrected chi connectivity index (χ0v) is 18.1. The predicted octanol–water partition coefficient (Wildman–Crippen LogP) is 3.97. The molecule has 3 rings (SSSR count). The standard InChI is InChI=1S/C23H35N5O/c1-18-10-11-20(22(16-18)29-21-8-4-5-9-21)17-27-23(24-3)26-12-6-7-14-28-15-13-25-19(28)2/h10-11,13,15-16,21H,4-9,12,14,17H2,1-3H3,(H2,24,26,27). The second kappa shape index (κ2) is 10.9. The van der Waals surface area contributed by atoms with Crippen molar-refractivity contribution < 1.29 is 4.74 Å². The van der Waals surface area contributed by atoms with Gasteiger partial charge in [0.1, 0.15) is 11.6 Å². The minimum absolute atomic E-state index is 0.368. The molecule has 0 unspecified atom stereocenters. The van der Waals surface area contributed by atoms with E-state index in [0.717, 1.165) is 43.5 Å². The van der Waals surface area contributed by atoms with E-state index in [-0.39, 0.29) is 0 Å². The van der Waals surface area contributed by atoms with Gasteiger partial charge < -0.3 is 19.9 Å². The number of aromatic nitrogens is 2. The molecule has 0 saturated heterocycles. The Kier molecular flexibility index (Phi) is 7.96. The van der Waals surface area contributed by atoms with Crippen LogP contribution in [0.3, 0.4) is 0 Å². The largest absolute Gasteiger partial charge is 0.490 e. The lowest BCUT2D eigenvalue weighted by Crippen LogP contribution is -2.37. The van der Waals surface area contributed by atoms with Gasteiger partial charge in [-0.15, -0.1) is 0 Å². The Morgan fingerprint density at radius 3 is 2.76 bits per heavy atom. The highest BCUT2D eigenvalue weighted by molar-refractivity contribution is 5.79. The zero-order valence-electron chi connectivity index (χ0n) is 18.1. The van der Waals surface area contributed by atoms with E-state index < -0.39 is 0 Å². The topological polar surface area (TPSA) is 63.5 Å². The van der Waals surface area contributed by atoms with Crippen LogP contribution < -0.4 is 15.4 Å². The molecule has 1 aliphatic rings. The number of ether oxygens (including phenoxy) is 1. The van der Waals surface area contributed by atoms with E-state index in [0.29, 0.717) is 12.6 Å².